The average Bonchev–Trinajstić information content (AvgIpc) is 2.82. The Morgan fingerprint density at radius 3 is 2.38 bits per heavy atom. The monoisotopic (exact) mass is 471 g/mol. The molecule has 0 amide bonds. The molecular formula is C27H28F3NO3. The SMILES string of the molecule is O=C(O)CCCNCc1ccc(OCCCc2cccc(-c3ccccc3)c2)c(C(F)(F)F)c1. The molecule has 0 saturated carbocycles. The van der Waals surface area contributed by atoms with Crippen molar-refractivity contribution in [2.24, 2.45) is 0 Å². The van der Waals surface area contributed by atoms with Crippen LogP contribution in [-0.2, 0) is 23.9 Å². The van der Waals surface area contributed by atoms with Crippen molar-refractivity contribution in [3.8, 4) is 16.9 Å². The zero-order valence-electron chi connectivity index (χ0n) is 18.8. The minimum absolute atomic E-state index is 0.0180. The first kappa shape index (κ1) is 25.3. The zero-order chi connectivity index (χ0) is 24.4. The Labute approximate surface area is 197 Å². The maximum atomic E-state index is 13.6. The maximum absolute atomic E-state index is 13.6. The lowest BCUT2D eigenvalue weighted by molar-refractivity contribution is -0.139. The highest BCUT2D eigenvalue weighted by atomic mass is 19.4. The van der Waals surface area contributed by atoms with Crippen LogP contribution in [0.4, 0.5) is 13.2 Å². The highest BCUT2D eigenvalue weighted by Crippen LogP contribution is 2.37. The molecule has 0 bridgehead atoms. The Hall–Kier alpha value is -3.32. The van der Waals surface area contributed by atoms with Gasteiger partial charge >= 0.3 is 12.1 Å². The molecule has 2 N–H and O–H groups in total. The van der Waals surface area contributed by atoms with Crippen LogP contribution in [0, 0.1) is 0 Å². The van der Waals surface area contributed by atoms with Gasteiger partial charge < -0.3 is 15.2 Å². The van der Waals surface area contributed by atoms with Crippen molar-refractivity contribution in [3.05, 3.63) is 89.5 Å². The molecule has 3 rings (SSSR count). The number of nitrogens with one attached hydrogen (secondary N) is 1. The lowest BCUT2D eigenvalue weighted by atomic mass is 10.0. The third-order valence-corrected chi connectivity index (χ3v) is 5.32. The number of hydrogen-bond acceptors (Lipinski definition) is 3. The van der Waals surface area contributed by atoms with Gasteiger partial charge in [0.1, 0.15) is 5.75 Å². The summed E-state index contributed by atoms with van der Waals surface area (Å²) in [7, 11) is 0. The normalized spacial score (nSPS) is 11.4. The Morgan fingerprint density at radius 1 is 0.882 bits per heavy atom. The Morgan fingerprint density at radius 2 is 1.65 bits per heavy atom. The number of benzene rings is 3. The summed E-state index contributed by atoms with van der Waals surface area (Å²) in [6.45, 7) is 0.809. The molecular weight excluding hydrogens is 443 g/mol. The lowest BCUT2D eigenvalue weighted by Gasteiger charge is -2.16. The van der Waals surface area contributed by atoms with E-state index in [9.17, 15) is 18.0 Å². The number of rotatable bonds is 12. The van der Waals surface area contributed by atoms with Crippen LogP contribution in [0.2, 0.25) is 0 Å². The maximum Gasteiger partial charge on any atom is 0.419 e. The topological polar surface area (TPSA) is 58.6 Å². The highest BCUT2D eigenvalue weighted by molar-refractivity contribution is 5.66. The van der Waals surface area contributed by atoms with E-state index in [2.05, 4.69) is 11.4 Å². The Balaban J connectivity index is 1.54. The fourth-order valence-electron chi connectivity index (χ4n) is 3.63. The van der Waals surface area contributed by atoms with Crippen LogP contribution >= 0.6 is 0 Å². The largest absolute Gasteiger partial charge is 0.493 e. The number of ether oxygens (including phenoxy) is 1. The van der Waals surface area contributed by atoms with Gasteiger partial charge in [-0.2, -0.15) is 13.2 Å². The first-order valence-electron chi connectivity index (χ1n) is 11.2. The summed E-state index contributed by atoms with van der Waals surface area (Å²) < 4.78 is 46.2. The predicted octanol–water partition coefficient (Wildman–Crippen LogP) is 6.34. The molecule has 0 aliphatic rings. The number of hydrogen-bond donors (Lipinski definition) is 2. The standard InChI is InChI=1S/C27H28F3NO3/c28-27(29,30)24-18-21(19-31-15-5-12-26(32)33)13-14-25(24)34-16-6-8-20-7-4-11-23(17-20)22-9-2-1-3-10-22/h1-4,7,9-11,13-14,17-18,31H,5-6,8,12,15-16,19H2,(H,32,33). The smallest absolute Gasteiger partial charge is 0.419 e. The summed E-state index contributed by atoms with van der Waals surface area (Å²) >= 11 is 0. The molecule has 4 nitrogen and oxygen atoms in total. The third kappa shape index (κ3) is 7.92. The molecule has 0 atom stereocenters. The molecule has 3 aromatic carbocycles. The fourth-order valence-corrected chi connectivity index (χ4v) is 3.63. The van der Waals surface area contributed by atoms with Gasteiger partial charge in [0.05, 0.1) is 12.2 Å². The molecule has 0 spiro atoms. The van der Waals surface area contributed by atoms with Crippen molar-refractivity contribution in [1.82, 2.24) is 5.32 Å². The van der Waals surface area contributed by atoms with E-state index in [1.807, 2.05) is 48.5 Å². The molecule has 34 heavy (non-hydrogen) atoms. The van der Waals surface area contributed by atoms with Gasteiger partial charge in [0.15, 0.2) is 0 Å². The molecule has 0 unspecified atom stereocenters. The van der Waals surface area contributed by atoms with Crippen molar-refractivity contribution in [3.63, 3.8) is 0 Å². The molecule has 0 aliphatic carbocycles. The van der Waals surface area contributed by atoms with Gasteiger partial charge in [-0.15, -0.1) is 0 Å². The van der Waals surface area contributed by atoms with Crippen LogP contribution in [0.5, 0.6) is 5.75 Å². The van der Waals surface area contributed by atoms with Crippen molar-refractivity contribution in [2.75, 3.05) is 13.2 Å². The highest BCUT2D eigenvalue weighted by Gasteiger charge is 2.34. The van der Waals surface area contributed by atoms with E-state index in [0.717, 1.165) is 22.8 Å². The quantitative estimate of drug-likeness (QED) is 0.303. The summed E-state index contributed by atoms with van der Waals surface area (Å²) in [5.74, 6) is -1.08. The van der Waals surface area contributed by atoms with Crippen LogP contribution in [0.15, 0.2) is 72.8 Å². The summed E-state index contributed by atoms with van der Waals surface area (Å²) in [5, 5.41) is 11.6. The second-order valence-electron chi connectivity index (χ2n) is 8.02. The van der Waals surface area contributed by atoms with Crippen molar-refractivity contribution in [1.29, 1.82) is 0 Å². The van der Waals surface area contributed by atoms with E-state index in [4.69, 9.17) is 9.84 Å². The van der Waals surface area contributed by atoms with Crippen LogP contribution < -0.4 is 10.1 Å². The summed E-state index contributed by atoms with van der Waals surface area (Å²) in [6.07, 6.45) is -2.82. The minimum Gasteiger partial charge on any atom is -0.493 e. The average molecular weight is 472 g/mol. The fraction of sp³-hybridized carbons (Fsp3) is 0.296. The number of aliphatic carboxylic acids is 1. The second-order valence-corrected chi connectivity index (χ2v) is 8.02. The molecule has 7 heteroatoms. The first-order valence-corrected chi connectivity index (χ1v) is 11.2. The summed E-state index contributed by atoms with van der Waals surface area (Å²) in [5.41, 5.74) is 2.99. The van der Waals surface area contributed by atoms with Crippen LogP contribution in [0.3, 0.4) is 0 Å². The van der Waals surface area contributed by atoms with Crippen molar-refractivity contribution < 1.29 is 27.8 Å². The van der Waals surface area contributed by atoms with Crippen LogP contribution in [0.1, 0.15) is 36.0 Å². The van der Waals surface area contributed by atoms with Gasteiger partial charge in [0.25, 0.3) is 0 Å². The molecule has 0 radical (unpaired) electrons. The first-order chi connectivity index (χ1) is 16.3. The number of carbonyl (C=O) groups is 1. The number of halogens is 3. The van der Waals surface area contributed by atoms with Crippen LogP contribution in [-0.4, -0.2) is 24.2 Å². The van der Waals surface area contributed by atoms with E-state index in [-0.39, 0.29) is 25.3 Å². The Bertz CT molecular complexity index is 1070. The van der Waals surface area contributed by atoms with E-state index >= 15 is 0 Å². The molecule has 0 heterocycles. The molecule has 0 fully saturated rings. The number of alkyl halides is 3. The van der Waals surface area contributed by atoms with Crippen molar-refractivity contribution >= 4 is 5.97 Å². The van der Waals surface area contributed by atoms with E-state index in [0.29, 0.717) is 31.4 Å². The molecule has 0 saturated heterocycles. The molecule has 180 valence electrons. The van der Waals surface area contributed by atoms with Gasteiger partial charge in [-0.3, -0.25) is 4.79 Å². The molecule has 0 aliphatic heterocycles. The van der Waals surface area contributed by atoms with Gasteiger partial charge in [-0.1, -0.05) is 60.7 Å². The molecule has 3 aromatic rings. The van der Waals surface area contributed by atoms with E-state index in [1.165, 1.54) is 6.07 Å². The van der Waals surface area contributed by atoms with Crippen molar-refractivity contribution in [2.45, 2.75) is 38.4 Å². The van der Waals surface area contributed by atoms with E-state index in [1.54, 1.807) is 6.07 Å². The zero-order valence-corrected chi connectivity index (χ0v) is 18.8. The minimum atomic E-state index is -4.53. The number of aryl methyl sites for hydroxylation is 1. The summed E-state index contributed by atoms with van der Waals surface area (Å²) in [6, 6.07) is 22.2. The third-order valence-electron chi connectivity index (χ3n) is 5.32. The summed E-state index contributed by atoms with van der Waals surface area (Å²) in [4.78, 5) is 10.5. The van der Waals surface area contributed by atoms with Gasteiger partial charge in [0, 0.05) is 13.0 Å². The lowest BCUT2D eigenvalue weighted by Crippen LogP contribution is -2.17. The number of carboxylic acid groups (broad SMARTS) is 1. The predicted molar refractivity (Wildman–Crippen MR) is 126 cm³/mol. The van der Waals surface area contributed by atoms with Crippen LogP contribution in [0.25, 0.3) is 11.1 Å². The number of carboxylic acids is 1. The second kappa shape index (κ2) is 12.2. The van der Waals surface area contributed by atoms with Gasteiger partial charge in [-0.25, -0.2) is 0 Å². The van der Waals surface area contributed by atoms with E-state index < -0.39 is 17.7 Å². The Kier molecular flexibility index (Phi) is 9.10. The molecule has 0 aromatic heterocycles. The van der Waals surface area contributed by atoms with Gasteiger partial charge in [-0.05, 0) is 60.2 Å². The van der Waals surface area contributed by atoms with Gasteiger partial charge in [0.2, 0.25) is 0 Å².